The third-order valence-electron chi connectivity index (χ3n) is 1.61. The van der Waals surface area contributed by atoms with E-state index >= 15 is 0 Å². The van der Waals surface area contributed by atoms with Gasteiger partial charge in [0.1, 0.15) is 0 Å². The largest absolute Gasteiger partial charge is 0.282 e. The van der Waals surface area contributed by atoms with Gasteiger partial charge in [-0.1, -0.05) is 12.1 Å². The van der Waals surface area contributed by atoms with Crippen molar-refractivity contribution >= 4 is 17.7 Å². The number of hydrogen-bond donors (Lipinski definition) is 1. The quantitative estimate of drug-likeness (QED) is 0.666. The summed E-state index contributed by atoms with van der Waals surface area (Å²) in [4.78, 5) is 11.0. The lowest BCUT2D eigenvalue weighted by Crippen LogP contribution is -1.97. The SMILES string of the molecule is Cc1cccc(C#N)c1C(=O)S. The zero-order valence-corrected chi connectivity index (χ0v) is 7.43. The molecule has 1 aromatic carbocycles. The highest BCUT2D eigenvalue weighted by Gasteiger charge is 2.09. The third-order valence-corrected chi connectivity index (χ3v) is 1.83. The second kappa shape index (κ2) is 3.42. The van der Waals surface area contributed by atoms with Gasteiger partial charge in [0.25, 0.3) is 0 Å². The fourth-order valence-corrected chi connectivity index (χ4v) is 1.34. The number of rotatable bonds is 1. The zero-order chi connectivity index (χ0) is 9.14. The van der Waals surface area contributed by atoms with Crippen LogP contribution in [0.3, 0.4) is 0 Å². The number of carbonyl (C=O) groups excluding carboxylic acids is 1. The molecule has 0 atom stereocenters. The van der Waals surface area contributed by atoms with E-state index in [4.69, 9.17) is 5.26 Å². The van der Waals surface area contributed by atoms with Crippen LogP contribution in [0.25, 0.3) is 0 Å². The minimum Gasteiger partial charge on any atom is -0.282 e. The minimum absolute atomic E-state index is 0.357. The molecule has 12 heavy (non-hydrogen) atoms. The molecular formula is C9H7NOS. The molecule has 1 rings (SSSR count). The van der Waals surface area contributed by atoms with E-state index in [2.05, 4.69) is 12.6 Å². The Labute approximate surface area is 76.2 Å². The third kappa shape index (κ3) is 1.49. The van der Waals surface area contributed by atoms with Crippen molar-refractivity contribution in [2.75, 3.05) is 0 Å². The number of nitrogens with zero attached hydrogens (tertiary/aromatic N) is 1. The standard InChI is InChI=1S/C9H7NOS/c1-6-3-2-4-7(5-10)8(6)9(11)12/h2-4H,1H3,(H,11,12). The Bertz CT molecular complexity index is 365. The van der Waals surface area contributed by atoms with Crippen molar-refractivity contribution < 1.29 is 4.79 Å². The van der Waals surface area contributed by atoms with Gasteiger partial charge in [0.2, 0.25) is 5.12 Å². The van der Waals surface area contributed by atoms with Crippen LogP contribution in [0, 0.1) is 18.3 Å². The monoisotopic (exact) mass is 177 g/mol. The molecule has 0 aromatic heterocycles. The fraction of sp³-hybridized carbons (Fsp3) is 0.111. The van der Waals surface area contributed by atoms with Gasteiger partial charge in [-0.25, -0.2) is 0 Å². The summed E-state index contributed by atoms with van der Waals surface area (Å²) in [6.07, 6.45) is 0. The lowest BCUT2D eigenvalue weighted by molar-refractivity contribution is 0.109. The van der Waals surface area contributed by atoms with E-state index < -0.39 is 0 Å². The number of aryl methyl sites for hydroxylation is 1. The van der Waals surface area contributed by atoms with E-state index in [1.807, 2.05) is 6.07 Å². The van der Waals surface area contributed by atoms with Crippen molar-refractivity contribution in [2.45, 2.75) is 6.92 Å². The van der Waals surface area contributed by atoms with Crippen LogP contribution in [0.2, 0.25) is 0 Å². The highest BCUT2D eigenvalue weighted by Crippen LogP contribution is 2.15. The fourth-order valence-electron chi connectivity index (χ4n) is 1.04. The Hall–Kier alpha value is -1.27. The van der Waals surface area contributed by atoms with Crippen LogP contribution in [0.5, 0.6) is 0 Å². The number of nitriles is 1. The molecule has 0 aliphatic heterocycles. The highest BCUT2D eigenvalue weighted by molar-refractivity contribution is 7.97. The van der Waals surface area contributed by atoms with Gasteiger partial charge in [-0.05, 0) is 18.6 Å². The second-order valence-electron chi connectivity index (χ2n) is 2.41. The molecule has 0 fully saturated rings. The van der Waals surface area contributed by atoms with Crippen molar-refractivity contribution in [3.63, 3.8) is 0 Å². The number of hydrogen-bond acceptors (Lipinski definition) is 2. The minimum atomic E-state index is -0.357. The molecule has 0 N–H and O–H groups in total. The van der Waals surface area contributed by atoms with Crippen molar-refractivity contribution in [1.29, 1.82) is 5.26 Å². The summed E-state index contributed by atoms with van der Waals surface area (Å²) in [6.45, 7) is 1.78. The molecule has 1 aromatic rings. The molecule has 0 spiro atoms. The van der Waals surface area contributed by atoms with Crippen LogP contribution in [0.4, 0.5) is 0 Å². The Kier molecular flexibility index (Phi) is 2.51. The van der Waals surface area contributed by atoms with Crippen LogP contribution < -0.4 is 0 Å². The Morgan fingerprint density at radius 2 is 2.25 bits per heavy atom. The molecule has 0 amide bonds. The van der Waals surface area contributed by atoms with Crippen molar-refractivity contribution in [3.8, 4) is 6.07 Å². The molecule has 0 radical (unpaired) electrons. The van der Waals surface area contributed by atoms with E-state index in [0.29, 0.717) is 11.1 Å². The number of carbonyl (C=O) groups is 1. The maximum Gasteiger partial charge on any atom is 0.217 e. The molecular weight excluding hydrogens is 170 g/mol. The summed E-state index contributed by atoms with van der Waals surface area (Å²) < 4.78 is 0. The molecule has 2 nitrogen and oxygen atoms in total. The molecule has 0 aliphatic carbocycles. The van der Waals surface area contributed by atoms with E-state index in [0.717, 1.165) is 5.56 Å². The summed E-state index contributed by atoms with van der Waals surface area (Å²) in [6, 6.07) is 7.08. The Morgan fingerprint density at radius 3 is 2.67 bits per heavy atom. The van der Waals surface area contributed by atoms with Crippen molar-refractivity contribution in [1.82, 2.24) is 0 Å². The van der Waals surface area contributed by atoms with Gasteiger partial charge < -0.3 is 0 Å². The van der Waals surface area contributed by atoms with Crippen molar-refractivity contribution in [3.05, 3.63) is 34.9 Å². The first-order chi connectivity index (χ1) is 5.66. The van der Waals surface area contributed by atoms with Crippen molar-refractivity contribution in [2.24, 2.45) is 0 Å². The molecule has 0 saturated heterocycles. The zero-order valence-electron chi connectivity index (χ0n) is 6.53. The van der Waals surface area contributed by atoms with Crippen LogP contribution in [-0.2, 0) is 0 Å². The topological polar surface area (TPSA) is 40.9 Å². The van der Waals surface area contributed by atoms with Gasteiger partial charge in [-0.15, -0.1) is 12.6 Å². The highest BCUT2D eigenvalue weighted by atomic mass is 32.1. The Balaban J connectivity index is 3.42. The first kappa shape index (κ1) is 8.82. The predicted molar refractivity (Wildman–Crippen MR) is 49.2 cm³/mol. The van der Waals surface area contributed by atoms with Crippen LogP contribution in [0.15, 0.2) is 18.2 Å². The van der Waals surface area contributed by atoms with Crippen LogP contribution >= 0.6 is 12.6 Å². The average Bonchev–Trinajstić information content (AvgIpc) is 2.03. The maximum absolute atomic E-state index is 11.0. The predicted octanol–water partition coefficient (Wildman–Crippen LogP) is 1.94. The number of thiol groups is 1. The first-order valence-electron chi connectivity index (χ1n) is 3.40. The average molecular weight is 177 g/mol. The molecule has 0 bridgehead atoms. The second-order valence-corrected chi connectivity index (χ2v) is 2.82. The van der Waals surface area contributed by atoms with E-state index in [1.54, 1.807) is 25.1 Å². The van der Waals surface area contributed by atoms with E-state index in [9.17, 15) is 4.79 Å². The smallest absolute Gasteiger partial charge is 0.217 e. The van der Waals surface area contributed by atoms with E-state index in [-0.39, 0.29) is 5.12 Å². The summed E-state index contributed by atoms with van der Waals surface area (Å²) in [5.74, 6) is 0. The molecule has 60 valence electrons. The summed E-state index contributed by atoms with van der Waals surface area (Å²) >= 11 is 3.69. The maximum atomic E-state index is 11.0. The Morgan fingerprint density at radius 1 is 1.58 bits per heavy atom. The summed E-state index contributed by atoms with van der Waals surface area (Å²) in [5.41, 5.74) is 1.58. The lowest BCUT2D eigenvalue weighted by atomic mass is 10.0. The molecule has 3 heteroatoms. The lowest BCUT2D eigenvalue weighted by Gasteiger charge is -2.01. The molecule has 0 heterocycles. The summed E-state index contributed by atoms with van der Waals surface area (Å²) in [7, 11) is 0. The normalized spacial score (nSPS) is 9.08. The van der Waals surface area contributed by atoms with Gasteiger partial charge in [-0.2, -0.15) is 5.26 Å². The van der Waals surface area contributed by atoms with Gasteiger partial charge in [0.05, 0.1) is 11.6 Å². The van der Waals surface area contributed by atoms with Gasteiger partial charge in [0.15, 0.2) is 0 Å². The van der Waals surface area contributed by atoms with Crippen LogP contribution in [0.1, 0.15) is 21.5 Å². The van der Waals surface area contributed by atoms with Crippen LogP contribution in [-0.4, -0.2) is 5.12 Å². The van der Waals surface area contributed by atoms with Gasteiger partial charge in [0, 0.05) is 5.56 Å². The summed E-state index contributed by atoms with van der Waals surface area (Å²) in [5, 5.41) is 8.30. The molecule has 0 unspecified atom stereocenters. The number of benzene rings is 1. The van der Waals surface area contributed by atoms with Gasteiger partial charge >= 0.3 is 0 Å². The van der Waals surface area contributed by atoms with Gasteiger partial charge in [-0.3, -0.25) is 4.79 Å². The van der Waals surface area contributed by atoms with E-state index in [1.165, 1.54) is 0 Å². The first-order valence-corrected chi connectivity index (χ1v) is 3.84. The molecule has 0 aliphatic rings. The molecule has 0 saturated carbocycles.